The van der Waals surface area contributed by atoms with Crippen molar-refractivity contribution in [3.05, 3.63) is 51.8 Å². The highest BCUT2D eigenvalue weighted by atomic mass is 32.1. The second-order valence-electron chi connectivity index (χ2n) is 6.73. The van der Waals surface area contributed by atoms with Crippen LogP contribution < -0.4 is 4.74 Å². The van der Waals surface area contributed by atoms with Crippen molar-refractivity contribution in [1.82, 2.24) is 14.9 Å². The quantitative estimate of drug-likeness (QED) is 0.365. The molecule has 0 unspecified atom stereocenters. The van der Waals surface area contributed by atoms with E-state index in [0.717, 1.165) is 46.3 Å². The number of likely N-dealkylation sites (N-methyl/N-ethyl adjacent to an activating group) is 1. The van der Waals surface area contributed by atoms with E-state index in [1.807, 2.05) is 48.7 Å². The monoisotopic (exact) mass is 439 g/mol. The van der Waals surface area contributed by atoms with Crippen LogP contribution in [0.4, 0.5) is 0 Å². The summed E-state index contributed by atoms with van der Waals surface area (Å²) in [4.78, 5) is 23.6. The third-order valence-electron chi connectivity index (χ3n) is 4.66. The predicted octanol–water partition coefficient (Wildman–Crippen LogP) is 5.47. The van der Waals surface area contributed by atoms with Crippen molar-refractivity contribution >= 4 is 70.4 Å². The van der Waals surface area contributed by atoms with Gasteiger partial charge >= 0.3 is 0 Å². The Morgan fingerprint density at radius 1 is 1.14 bits per heavy atom. The van der Waals surface area contributed by atoms with Crippen molar-refractivity contribution in [2.75, 3.05) is 13.7 Å². The second-order valence-corrected chi connectivity index (χ2v) is 10.00. The average molecular weight is 440 g/mol. The Hall–Kier alpha value is -2.55. The van der Waals surface area contributed by atoms with E-state index in [-0.39, 0.29) is 12.5 Å². The highest BCUT2D eigenvalue weighted by Gasteiger charge is 2.16. The zero-order valence-corrected chi connectivity index (χ0v) is 18.3. The van der Waals surface area contributed by atoms with Crippen molar-refractivity contribution in [3.8, 4) is 5.75 Å². The standard InChI is InChI=1S/C21H17N3O2S3/c1-12-22-20-17(28-12)9-15(13-7-8-27-21(13)20)26-11-19(25)24(2)10-18-23-14-5-3-4-6-16(14)29-18/h3-9H,10-11H2,1-2H3. The smallest absolute Gasteiger partial charge is 0.260 e. The molecule has 0 aliphatic carbocycles. The third kappa shape index (κ3) is 3.48. The van der Waals surface area contributed by atoms with Crippen LogP contribution in [0.2, 0.25) is 0 Å². The Balaban J connectivity index is 1.32. The van der Waals surface area contributed by atoms with Gasteiger partial charge in [0.15, 0.2) is 6.61 Å². The molecule has 1 amide bonds. The van der Waals surface area contributed by atoms with Gasteiger partial charge in [0.05, 0.1) is 36.7 Å². The molecule has 0 aliphatic heterocycles. The number of thiophene rings is 1. The Kier molecular flexibility index (Phi) is 4.69. The molecule has 8 heteroatoms. The van der Waals surface area contributed by atoms with E-state index < -0.39 is 0 Å². The summed E-state index contributed by atoms with van der Waals surface area (Å²) in [7, 11) is 1.79. The summed E-state index contributed by atoms with van der Waals surface area (Å²) in [5.41, 5.74) is 1.99. The van der Waals surface area contributed by atoms with Gasteiger partial charge in [-0.25, -0.2) is 9.97 Å². The molecule has 5 aromatic rings. The molecule has 0 atom stereocenters. The first-order valence-electron chi connectivity index (χ1n) is 9.07. The molecular formula is C21H17N3O2S3. The van der Waals surface area contributed by atoms with Gasteiger partial charge in [-0.2, -0.15) is 0 Å². The molecule has 5 nitrogen and oxygen atoms in total. The Bertz CT molecular complexity index is 1320. The lowest BCUT2D eigenvalue weighted by molar-refractivity contribution is -0.132. The number of hydrogen-bond acceptors (Lipinski definition) is 7. The summed E-state index contributed by atoms with van der Waals surface area (Å²) in [6.07, 6.45) is 0. The Morgan fingerprint density at radius 2 is 2.00 bits per heavy atom. The lowest BCUT2D eigenvalue weighted by Crippen LogP contribution is -2.30. The lowest BCUT2D eigenvalue weighted by atomic mass is 10.2. The molecule has 0 N–H and O–H groups in total. The van der Waals surface area contributed by atoms with Gasteiger partial charge in [-0.05, 0) is 30.5 Å². The molecule has 3 aromatic heterocycles. The molecule has 29 heavy (non-hydrogen) atoms. The SMILES string of the molecule is Cc1nc2c(cc(OCC(=O)N(C)Cc3nc4ccccc4s3)c3ccsc32)s1. The minimum absolute atomic E-state index is 0.00433. The third-order valence-corrected chi connectivity index (χ3v) is 7.52. The van der Waals surface area contributed by atoms with E-state index in [1.165, 1.54) is 0 Å². The largest absolute Gasteiger partial charge is 0.483 e. The highest BCUT2D eigenvalue weighted by molar-refractivity contribution is 7.21. The Morgan fingerprint density at radius 3 is 2.86 bits per heavy atom. The van der Waals surface area contributed by atoms with Crippen LogP contribution in [-0.4, -0.2) is 34.4 Å². The van der Waals surface area contributed by atoms with Gasteiger partial charge in [0.2, 0.25) is 0 Å². The van der Waals surface area contributed by atoms with Crippen LogP contribution in [0.1, 0.15) is 10.0 Å². The molecule has 0 aliphatic rings. The van der Waals surface area contributed by atoms with E-state index in [2.05, 4.69) is 9.97 Å². The van der Waals surface area contributed by atoms with Crippen molar-refractivity contribution in [2.45, 2.75) is 13.5 Å². The van der Waals surface area contributed by atoms with Gasteiger partial charge in [-0.1, -0.05) is 12.1 Å². The fourth-order valence-electron chi connectivity index (χ4n) is 3.23. The topological polar surface area (TPSA) is 55.3 Å². The van der Waals surface area contributed by atoms with Gasteiger partial charge in [-0.15, -0.1) is 34.0 Å². The van der Waals surface area contributed by atoms with Crippen LogP contribution in [0.3, 0.4) is 0 Å². The fourth-order valence-corrected chi connectivity index (χ4v) is 6.09. The van der Waals surface area contributed by atoms with E-state index in [1.54, 1.807) is 46.0 Å². The first kappa shape index (κ1) is 18.5. The molecule has 5 rings (SSSR count). The van der Waals surface area contributed by atoms with E-state index in [9.17, 15) is 4.79 Å². The number of carbonyl (C=O) groups excluding carboxylic acids is 1. The molecule has 0 saturated heterocycles. The van der Waals surface area contributed by atoms with Crippen molar-refractivity contribution in [2.24, 2.45) is 0 Å². The van der Waals surface area contributed by atoms with Crippen molar-refractivity contribution in [1.29, 1.82) is 0 Å². The number of fused-ring (bicyclic) bond motifs is 4. The number of thiazole rings is 2. The minimum atomic E-state index is -0.0757. The number of carbonyl (C=O) groups is 1. The predicted molar refractivity (Wildman–Crippen MR) is 121 cm³/mol. The number of para-hydroxylation sites is 1. The van der Waals surface area contributed by atoms with Crippen molar-refractivity contribution in [3.63, 3.8) is 0 Å². The average Bonchev–Trinajstić information content (AvgIpc) is 3.42. The summed E-state index contributed by atoms with van der Waals surface area (Å²) >= 11 is 4.91. The normalized spacial score (nSPS) is 11.5. The van der Waals surface area contributed by atoms with Crippen LogP contribution >= 0.6 is 34.0 Å². The summed E-state index contributed by atoms with van der Waals surface area (Å²) in [6.45, 7) is 2.48. The lowest BCUT2D eigenvalue weighted by Gasteiger charge is -2.16. The first-order valence-corrected chi connectivity index (χ1v) is 11.6. The summed E-state index contributed by atoms with van der Waals surface area (Å²) in [6, 6.07) is 12.0. The summed E-state index contributed by atoms with van der Waals surface area (Å²) in [5, 5.41) is 4.99. The van der Waals surface area contributed by atoms with Gasteiger partial charge in [0, 0.05) is 18.5 Å². The maximum atomic E-state index is 12.6. The molecule has 0 radical (unpaired) electrons. The number of hydrogen-bond donors (Lipinski definition) is 0. The van der Waals surface area contributed by atoms with Crippen LogP contribution in [-0.2, 0) is 11.3 Å². The summed E-state index contributed by atoms with van der Waals surface area (Å²) in [5.74, 6) is 0.660. The number of nitrogens with zero attached hydrogens (tertiary/aromatic N) is 3. The zero-order chi connectivity index (χ0) is 20.0. The first-order chi connectivity index (χ1) is 14.1. The van der Waals surface area contributed by atoms with Gasteiger partial charge in [-0.3, -0.25) is 4.79 Å². The zero-order valence-electron chi connectivity index (χ0n) is 15.8. The fraction of sp³-hybridized carbons (Fsp3) is 0.190. The molecule has 0 spiro atoms. The number of rotatable bonds is 5. The van der Waals surface area contributed by atoms with Crippen LogP contribution in [0, 0.1) is 6.92 Å². The number of ether oxygens (including phenoxy) is 1. The maximum Gasteiger partial charge on any atom is 0.260 e. The van der Waals surface area contributed by atoms with Crippen LogP contribution in [0.15, 0.2) is 41.8 Å². The molecule has 0 fully saturated rings. The summed E-state index contributed by atoms with van der Waals surface area (Å²) < 4.78 is 9.28. The van der Waals surface area contributed by atoms with E-state index in [0.29, 0.717) is 6.54 Å². The van der Waals surface area contributed by atoms with Gasteiger partial charge in [0.1, 0.15) is 10.8 Å². The number of aromatic nitrogens is 2. The molecule has 146 valence electrons. The van der Waals surface area contributed by atoms with Gasteiger partial charge < -0.3 is 9.64 Å². The molecule has 0 bridgehead atoms. The van der Waals surface area contributed by atoms with Gasteiger partial charge in [0.25, 0.3) is 5.91 Å². The number of aryl methyl sites for hydroxylation is 1. The second kappa shape index (κ2) is 7.37. The molecule has 0 saturated carbocycles. The minimum Gasteiger partial charge on any atom is -0.483 e. The van der Waals surface area contributed by atoms with Crippen molar-refractivity contribution < 1.29 is 9.53 Å². The highest BCUT2D eigenvalue weighted by Crippen LogP contribution is 2.38. The molecule has 3 heterocycles. The molecular weight excluding hydrogens is 422 g/mol. The van der Waals surface area contributed by atoms with Crippen LogP contribution in [0.5, 0.6) is 5.75 Å². The number of benzene rings is 2. The van der Waals surface area contributed by atoms with Crippen LogP contribution in [0.25, 0.3) is 30.5 Å². The Labute approximate surface area is 179 Å². The van der Waals surface area contributed by atoms with E-state index >= 15 is 0 Å². The number of amides is 1. The van der Waals surface area contributed by atoms with E-state index in [4.69, 9.17) is 4.74 Å². The maximum absolute atomic E-state index is 12.6. The molecule has 2 aromatic carbocycles.